The largest absolute Gasteiger partial charge is 0.343 e. The van der Waals surface area contributed by atoms with Crippen molar-refractivity contribution in [2.75, 3.05) is 18.4 Å². The predicted octanol–water partition coefficient (Wildman–Crippen LogP) is 4.80. The highest BCUT2D eigenvalue weighted by Crippen LogP contribution is 2.28. The van der Waals surface area contributed by atoms with E-state index in [-0.39, 0.29) is 5.91 Å². The average molecular weight is 392 g/mol. The molecule has 2 amide bonds. The number of carbonyl (C=O) groups excluding carboxylic acids is 2. The van der Waals surface area contributed by atoms with Gasteiger partial charge in [0.15, 0.2) is 5.13 Å². The molecule has 0 bridgehead atoms. The molecule has 2 aliphatic rings. The molecule has 1 saturated heterocycles. The van der Waals surface area contributed by atoms with Crippen LogP contribution in [-0.2, 0) is 9.59 Å². The summed E-state index contributed by atoms with van der Waals surface area (Å²) in [5, 5.41) is 5.65. The van der Waals surface area contributed by atoms with Crippen molar-refractivity contribution in [3.8, 4) is 0 Å². The summed E-state index contributed by atoms with van der Waals surface area (Å²) in [5.74, 6) is 1.72. The number of likely N-dealkylation sites (tertiary alicyclic amines) is 1. The molecule has 6 heteroatoms. The van der Waals surface area contributed by atoms with Gasteiger partial charge in [0, 0.05) is 31.3 Å². The monoisotopic (exact) mass is 391 g/mol. The molecule has 150 valence electrons. The Morgan fingerprint density at radius 1 is 1.11 bits per heavy atom. The number of rotatable bonds is 6. The van der Waals surface area contributed by atoms with Crippen LogP contribution in [0.2, 0.25) is 0 Å². The minimum absolute atomic E-state index is 0.0478. The lowest BCUT2D eigenvalue weighted by Crippen LogP contribution is -2.40. The molecule has 1 aliphatic heterocycles. The van der Waals surface area contributed by atoms with Crippen molar-refractivity contribution in [2.45, 2.75) is 77.6 Å². The van der Waals surface area contributed by atoms with Gasteiger partial charge in [0.05, 0.1) is 5.69 Å². The highest BCUT2D eigenvalue weighted by molar-refractivity contribution is 7.13. The first-order valence-electron chi connectivity index (χ1n) is 10.5. The molecule has 2 fully saturated rings. The Morgan fingerprint density at radius 2 is 1.78 bits per heavy atom. The average Bonchev–Trinajstić information content (AvgIpc) is 3.12. The van der Waals surface area contributed by atoms with Crippen molar-refractivity contribution in [1.29, 1.82) is 0 Å². The Bertz CT molecular complexity index is 629. The number of aromatic nitrogens is 1. The molecule has 0 atom stereocenters. The number of amides is 2. The van der Waals surface area contributed by atoms with E-state index in [0.29, 0.717) is 35.2 Å². The smallest absolute Gasteiger partial charge is 0.226 e. The maximum Gasteiger partial charge on any atom is 0.226 e. The molecule has 0 spiro atoms. The number of nitrogens with one attached hydrogen (secondary N) is 1. The summed E-state index contributed by atoms with van der Waals surface area (Å²) in [6.45, 7) is 5.81. The molecule has 1 saturated carbocycles. The van der Waals surface area contributed by atoms with Crippen LogP contribution >= 0.6 is 11.3 Å². The third-order valence-electron chi connectivity index (χ3n) is 5.99. The van der Waals surface area contributed by atoms with Crippen molar-refractivity contribution in [3.63, 3.8) is 0 Å². The second-order valence-corrected chi connectivity index (χ2v) is 9.37. The summed E-state index contributed by atoms with van der Waals surface area (Å²) in [5.41, 5.74) is 1.03. The van der Waals surface area contributed by atoms with E-state index in [1.54, 1.807) is 0 Å². The van der Waals surface area contributed by atoms with Gasteiger partial charge in [0.2, 0.25) is 11.8 Å². The number of piperidine rings is 1. The molecule has 3 rings (SSSR count). The molecular weight excluding hydrogens is 358 g/mol. The molecule has 0 radical (unpaired) electrons. The first-order chi connectivity index (χ1) is 13.0. The number of hydrogen-bond donors (Lipinski definition) is 1. The van der Waals surface area contributed by atoms with Crippen molar-refractivity contribution >= 4 is 28.3 Å². The van der Waals surface area contributed by atoms with Crippen LogP contribution in [0.4, 0.5) is 5.13 Å². The molecule has 1 N–H and O–H groups in total. The van der Waals surface area contributed by atoms with Gasteiger partial charge in [0.1, 0.15) is 0 Å². The van der Waals surface area contributed by atoms with Crippen molar-refractivity contribution in [3.05, 3.63) is 11.1 Å². The fraction of sp³-hybridized carbons (Fsp3) is 0.762. The van der Waals surface area contributed by atoms with Crippen LogP contribution in [0.15, 0.2) is 5.38 Å². The summed E-state index contributed by atoms with van der Waals surface area (Å²) >= 11 is 1.49. The second kappa shape index (κ2) is 9.67. The van der Waals surface area contributed by atoms with E-state index in [2.05, 4.69) is 24.1 Å². The van der Waals surface area contributed by atoms with Crippen LogP contribution in [0, 0.1) is 11.8 Å². The van der Waals surface area contributed by atoms with Gasteiger partial charge in [-0.05, 0) is 43.4 Å². The van der Waals surface area contributed by atoms with Gasteiger partial charge in [-0.15, -0.1) is 11.3 Å². The zero-order valence-electron chi connectivity index (χ0n) is 16.7. The summed E-state index contributed by atoms with van der Waals surface area (Å²) in [7, 11) is 0. The molecule has 1 aliphatic carbocycles. The van der Waals surface area contributed by atoms with E-state index in [0.717, 1.165) is 38.0 Å². The summed E-state index contributed by atoms with van der Waals surface area (Å²) in [6, 6.07) is 0. The molecule has 27 heavy (non-hydrogen) atoms. The summed E-state index contributed by atoms with van der Waals surface area (Å²) < 4.78 is 0. The van der Waals surface area contributed by atoms with Crippen molar-refractivity contribution in [2.24, 2.45) is 11.8 Å². The van der Waals surface area contributed by atoms with Crippen molar-refractivity contribution < 1.29 is 9.59 Å². The van der Waals surface area contributed by atoms with E-state index in [9.17, 15) is 9.59 Å². The Morgan fingerprint density at radius 3 is 2.41 bits per heavy atom. The van der Waals surface area contributed by atoms with E-state index in [4.69, 9.17) is 0 Å². The van der Waals surface area contributed by atoms with Crippen molar-refractivity contribution in [1.82, 2.24) is 9.88 Å². The molecule has 1 aromatic heterocycles. The molecule has 1 aromatic rings. The molecule has 0 aromatic carbocycles. The van der Waals surface area contributed by atoms with Gasteiger partial charge in [-0.3, -0.25) is 9.59 Å². The zero-order chi connectivity index (χ0) is 19.2. The van der Waals surface area contributed by atoms with Crippen LogP contribution in [0.3, 0.4) is 0 Å². The van der Waals surface area contributed by atoms with Gasteiger partial charge >= 0.3 is 0 Å². The second-order valence-electron chi connectivity index (χ2n) is 8.52. The summed E-state index contributed by atoms with van der Waals surface area (Å²) in [4.78, 5) is 31.3. The van der Waals surface area contributed by atoms with Crippen LogP contribution in [0.1, 0.15) is 83.2 Å². The Balaban J connectivity index is 1.38. The number of nitrogens with zero attached hydrogens (tertiary/aromatic N) is 2. The fourth-order valence-electron chi connectivity index (χ4n) is 4.20. The van der Waals surface area contributed by atoms with Crippen LogP contribution in [-0.4, -0.2) is 34.8 Å². The minimum atomic E-state index is 0.0478. The third-order valence-corrected chi connectivity index (χ3v) is 6.77. The van der Waals surface area contributed by atoms with Gasteiger partial charge < -0.3 is 10.2 Å². The topological polar surface area (TPSA) is 62.3 Å². The normalized spacial score (nSPS) is 19.4. The highest BCUT2D eigenvalue weighted by Gasteiger charge is 2.26. The Labute approximate surface area is 166 Å². The van der Waals surface area contributed by atoms with E-state index >= 15 is 0 Å². The zero-order valence-corrected chi connectivity index (χ0v) is 17.5. The van der Waals surface area contributed by atoms with E-state index in [1.807, 2.05) is 10.3 Å². The number of anilines is 1. The maximum atomic E-state index is 12.5. The van der Waals surface area contributed by atoms with Gasteiger partial charge in [-0.2, -0.15) is 0 Å². The van der Waals surface area contributed by atoms with Crippen LogP contribution in [0.25, 0.3) is 0 Å². The summed E-state index contributed by atoms with van der Waals surface area (Å²) in [6.07, 6.45) is 9.46. The molecule has 2 heterocycles. The predicted molar refractivity (Wildman–Crippen MR) is 110 cm³/mol. The fourth-order valence-corrected chi connectivity index (χ4v) is 5.08. The Hall–Kier alpha value is -1.43. The Kier molecular flexibility index (Phi) is 7.27. The lowest BCUT2D eigenvalue weighted by atomic mass is 9.86. The lowest BCUT2D eigenvalue weighted by Gasteiger charge is -2.33. The molecule has 5 nitrogen and oxygen atoms in total. The first kappa shape index (κ1) is 20.3. The minimum Gasteiger partial charge on any atom is -0.343 e. The lowest BCUT2D eigenvalue weighted by molar-refractivity contribution is -0.133. The molecule has 0 unspecified atom stereocenters. The quantitative estimate of drug-likeness (QED) is 0.757. The van der Waals surface area contributed by atoms with Gasteiger partial charge in [0.25, 0.3) is 0 Å². The molecular formula is C21H33N3O2S. The number of thiazole rings is 1. The van der Waals surface area contributed by atoms with Gasteiger partial charge in [-0.1, -0.05) is 33.1 Å². The maximum absolute atomic E-state index is 12.5. The standard InChI is InChI=1S/C21H33N3O2S/c1-15(2)18-14-27-21(22-18)23-19(25)12-17-8-10-24(11-9-17)20(26)13-16-6-4-3-5-7-16/h14-17H,3-13H2,1-2H3,(H,22,23,25). The first-order valence-corrected chi connectivity index (χ1v) is 11.4. The van der Waals surface area contributed by atoms with Crippen LogP contribution in [0.5, 0.6) is 0 Å². The van der Waals surface area contributed by atoms with E-state index < -0.39 is 0 Å². The SMILES string of the molecule is CC(C)c1csc(NC(=O)CC2CCN(C(=O)CC3CCCCC3)CC2)n1. The number of hydrogen-bond acceptors (Lipinski definition) is 4. The van der Waals surface area contributed by atoms with Crippen LogP contribution < -0.4 is 5.32 Å². The van der Waals surface area contributed by atoms with E-state index in [1.165, 1.54) is 43.4 Å². The third kappa shape index (κ3) is 6.03. The highest BCUT2D eigenvalue weighted by atomic mass is 32.1. The van der Waals surface area contributed by atoms with Gasteiger partial charge in [-0.25, -0.2) is 4.98 Å². The number of carbonyl (C=O) groups is 2.